The van der Waals surface area contributed by atoms with E-state index in [0.717, 1.165) is 21.9 Å². The molecule has 2 aliphatic heterocycles. The van der Waals surface area contributed by atoms with Gasteiger partial charge in [0.2, 0.25) is 11.8 Å². The van der Waals surface area contributed by atoms with Gasteiger partial charge in [-0.1, -0.05) is 78.9 Å². The van der Waals surface area contributed by atoms with Gasteiger partial charge >= 0.3 is 5.97 Å². The molecule has 4 atom stereocenters. The maximum absolute atomic E-state index is 14.2. The van der Waals surface area contributed by atoms with Crippen molar-refractivity contribution in [2.45, 2.75) is 18.5 Å². The lowest BCUT2D eigenvalue weighted by Crippen LogP contribution is -2.53. The Morgan fingerprint density at radius 1 is 0.868 bits per heavy atom. The molecular formula is C31H26N2O5. The first-order chi connectivity index (χ1) is 18.4. The van der Waals surface area contributed by atoms with Gasteiger partial charge in [0.15, 0.2) is 5.54 Å². The Labute approximate surface area is 219 Å². The molecule has 0 aromatic heterocycles. The zero-order valence-electron chi connectivity index (χ0n) is 20.9. The third-order valence-electron chi connectivity index (χ3n) is 7.96. The van der Waals surface area contributed by atoms with E-state index in [-0.39, 0.29) is 0 Å². The van der Waals surface area contributed by atoms with Crippen LogP contribution < -0.4 is 15.0 Å². The van der Waals surface area contributed by atoms with Crippen LogP contribution in [0.25, 0.3) is 10.8 Å². The van der Waals surface area contributed by atoms with E-state index in [1.165, 1.54) is 4.90 Å². The van der Waals surface area contributed by atoms with Gasteiger partial charge < -0.3 is 9.84 Å². The molecule has 2 amide bonds. The van der Waals surface area contributed by atoms with Gasteiger partial charge in [0.05, 0.1) is 24.6 Å². The van der Waals surface area contributed by atoms with Crippen LogP contribution in [0.4, 0.5) is 5.69 Å². The number of hydrogen-bond acceptors (Lipinski definition) is 5. The molecular weight excluding hydrogens is 480 g/mol. The van der Waals surface area contributed by atoms with Crippen LogP contribution in [0, 0.1) is 18.8 Å². The number of carbonyl (C=O) groups is 3. The molecule has 6 rings (SSSR count). The van der Waals surface area contributed by atoms with E-state index in [4.69, 9.17) is 4.74 Å². The number of aryl methyl sites for hydroxylation is 1. The van der Waals surface area contributed by atoms with Gasteiger partial charge in [0, 0.05) is 11.4 Å². The molecule has 2 fully saturated rings. The number of methoxy groups -OCH3 is 1. The number of hydrogen-bond donors (Lipinski definition) is 2. The maximum atomic E-state index is 14.2. The number of para-hydroxylation sites is 1. The Bertz CT molecular complexity index is 1600. The summed E-state index contributed by atoms with van der Waals surface area (Å²) in [6, 6.07) is 26.4. The molecule has 0 spiro atoms. The molecule has 7 nitrogen and oxygen atoms in total. The van der Waals surface area contributed by atoms with E-state index >= 15 is 0 Å². The smallest absolute Gasteiger partial charge is 0.329 e. The van der Waals surface area contributed by atoms with Gasteiger partial charge in [0.1, 0.15) is 5.75 Å². The minimum absolute atomic E-state index is 0.411. The van der Waals surface area contributed by atoms with Crippen molar-refractivity contribution in [1.29, 1.82) is 0 Å². The van der Waals surface area contributed by atoms with Gasteiger partial charge in [-0.05, 0) is 41.1 Å². The number of ether oxygens (including phenoxy) is 1. The number of imide groups is 1. The van der Waals surface area contributed by atoms with Crippen LogP contribution in [0.5, 0.6) is 5.75 Å². The van der Waals surface area contributed by atoms with Crippen LogP contribution in [0.2, 0.25) is 0 Å². The second kappa shape index (κ2) is 8.82. The molecule has 38 heavy (non-hydrogen) atoms. The summed E-state index contributed by atoms with van der Waals surface area (Å²) in [5.41, 5.74) is 0.595. The lowest BCUT2D eigenvalue weighted by Gasteiger charge is -2.32. The van der Waals surface area contributed by atoms with Gasteiger partial charge in [-0.3, -0.25) is 14.9 Å². The molecule has 7 heteroatoms. The molecule has 0 radical (unpaired) electrons. The van der Waals surface area contributed by atoms with E-state index in [1.807, 2.05) is 55.5 Å². The van der Waals surface area contributed by atoms with E-state index < -0.39 is 41.2 Å². The van der Waals surface area contributed by atoms with Crippen molar-refractivity contribution in [2.75, 3.05) is 12.0 Å². The summed E-state index contributed by atoms with van der Waals surface area (Å²) < 4.78 is 5.56. The van der Waals surface area contributed by atoms with Crippen LogP contribution in [-0.2, 0) is 19.9 Å². The van der Waals surface area contributed by atoms with E-state index in [2.05, 4.69) is 5.32 Å². The number of aliphatic carboxylic acids is 1. The topological polar surface area (TPSA) is 95.9 Å². The molecule has 4 aromatic rings. The summed E-state index contributed by atoms with van der Waals surface area (Å²) in [6.07, 6.45) is 0. The highest BCUT2D eigenvalue weighted by atomic mass is 16.5. The second-order valence-electron chi connectivity index (χ2n) is 9.81. The molecule has 190 valence electrons. The molecule has 2 heterocycles. The highest BCUT2D eigenvalue weighted by Crippen LogP contribution is 2.55. The van der Waals surface area contributed by atoms with E-state index in [1.54, 1.807) is 49.6 Å². The standard InChI is InChI=1S/C31H26N2O5/c1-18-10-6-9-15-23(18)33-28(34)25-26(29(33)35)31(30(36)37,19-11-4-3-5-12-19)32-27(25)22-16-17-24(38-2)21-14-8-7-13-20(21)22/h3-17,25-27,32H,1-2H3,(H,36,37). The number of anilines is 1. The largest absolute Gasteiger partial charge is 0.496 e. The number of carboxylic acids is 1. The number of amides is 2. The fourth-order valence-electron chi connectivity index (χ4n) is 6.26. The van der Waals surface area contributed by atoms with Gasteiger partial charge in [-0.15, -0.1) is 0 Å². The summed E-state index contributed by atoms with van der Waals surface area (Å²) in [6.45, 7) is 1.83. The highest BCUT2D eigenvalue weighted by Gasteiger charge is 2.69. The second-order valence-corrected chi connectivity index (χ2v) is 9.81. The van der Waals surface area contributed by atoms with Crippen LogP contribution >= 0.6 is 0 Å². The fraction of sp³-hybridized carbons (Fsp3) is 0.194. The predicted octanol–water partition coefficient (Wildman–Crippen LogP) is 4.59. The Kier molecular flexibility index (Phi) is 5.54. The molecule has 0 saturated carbocycles. The SMILES string of the molecule is COc1ccc(C2NC(C(=O)O)(c3ccccc3)C3C(=O)N(c4ccccc4C)C(=O)C23)c2ccccc12. The first kappa shape index (κ1) is 23.9. The highest BCUT2D eigenvalue weighted by molar-refractivity contribution is 6.24. The summed E-state index contributed by atoms with van der Waals surface area (Å²) in [5.74, 6) is -3.55. The number of rotatable bonds is 5. The average molecular weight is 507 g/mol. The van der Waals surface area contributed by atoms with Crippen molar-refractivity contribution in [3.05, 3.63) is 108 Å². The summed E-state index contributed by atoms with van der Waals surface area (Å²) in [4.78, 5) is 42.7. The quantitative estimate of drug-likeness (QED) is 0.385. The average Bonchev–Trinajstić information content (AvgIpc) is 3.43. The zero-order valence-corrected chi connectivity index (χ0v) is 20.9. The normalized spacial score (nSPS) is 24.6. The van der Waals surface area contributed by atoms with Gasteiger partial charge in [0.25, 0.3) is 0 Å². The molecule has 2 aliphatic rings. The number of nitrogens with zero attached hydrogens (tertiary/aromatic N) is 1. The van der Waals surface area contributed by atoms with Crippen molar-refractivity contribution in [2.24, 2.45) is 11.8 Å². The van der Waals surface area contributed by atoms with Crippen molar-refractivity contribution in [1.82, 2.24) is 5.32 Å². The summed E-state index contributed by atoms with van der Waals surface area (Å²) in [5, 5.41) is 15.7. The van der Waals surface area contributed by atoms with Gasteiger partial charge in [-0.25, -0.2) is 9.69 Å². The van der Waals surface area contributed by atoms with Crippen molar-refractivity contribution >= 4 is 34.2 Å². The zero-order chi connectivity index (χ0) is 26.6. The number of carboxylic acid groups (broad SMARTS) is 1. The maximum Gasteiger partial charge on any atom is 0.329 e. The monoisotopic (exact) mass is 506 g/mol. The molecule has 4 aromatic carbocycles. The molecule has 2 saturated heterocycles. The Balaban J connectivity index is 1.61. The van der Waals surface area contributed by atoms with Crippen LogP contribution in [-0.4, -0.2) is 30.0 Å². The van der Waals surface area contributed by atoms with Crippen LogP contribution in [0.15, 0.2) is 91.0 Å². The molecule has 4 unspecified atom stereocenters. The van der Waals surface area contributed by atoms with Crippen molar-refractivity contribution in [3.8, 4) is 5.75 Å². The minimum atomic E-state index is -1.80. The number of carbonyl (C=O) groups excluding carboxylic acids is 2. The third kappa shape index (κ3) is 3.22. The number of nitrogens with one attached hydrogen (secondary N) is 1. The summed E-state index contributed by atoms with van der Waals surface area (Å²) in [7, 11) is 1.59. The lowest BCUT2D eigenvalue weighted by atomic mass is 9.75. The third-order valence-corrected chi connectivity index (χ3v) is 7.96. The van der Waals surface area contributed by atoms with Crippen molar-refractivity contribution in [3.63, 3.8) is 0 Å². The van der Waals surface area contributed by atoms with Gasteiger partial charge in [-0.2, -0.15) is 0 Å². The van der Waals surface area contributed by atoms with Crippen LogP contribution in [0.3, 0.4) is 0 Å². The molecule has 0 bridgehead atoms. The first-order valence-electron chi connectivity index (χ1n) is 12.5. The Morgan fingerprint density at radius 2 is 1.53 bits per heavy atom. The predicted molar refractivity (Wildman–Crippen MR) is 143 cm³/mol. The fourth-order valence-corrected chi connectivity index (χ4v) is 6.26. The van der Waals surface area contributed by atoms with Crippen LogP contribution in [0.1, 0.15) is 22.7 Å². The number of benzene rings is 4. The first-order valence-corrected chi connectivity index (χ1v) is 12.5. The lowest BCUT2D eigenvalue weighted by molar-refractivity contribution is -0.149. The molecule has 2 N–H and O–H groups in total. The van der Waals surface area contributed by atoms with E-state index in [0.29, 0.717) is 17.0 Å². The minimum Gasteiger partial charge on any atom is -0.496 e. The Morgan fingerprint density at radius 3 is 2.21 bits per heavy atom. The van der Waals surface area contributed by atoms with Crippen molar-refractivity contribution < 1.29 is 24.2 Å². The van der Waals surface area contributed by atoms with E-state index in [9.17, 15) is 19.5 Å². The Hall–Kier alpha value is -4.49. The summed E-state index contributed by atoms with van der Waals surface area (Å²) >= 11 is 0. The number of fused-ring (bicyclic) bond motifs is 2. The molecule has 0 aliphatic carbocycles.